The van der Waals surface area contributed by atoms with Gasteiger partial charge in [-0.1, -0.05) is 11.6 Å². The number of rotatable bonds is 1. The van der Waals surface area contributed by atoms with Gasteiger partial charge in [0.25, 0.3) is 0 Å². The highest BCUT2D eigenvalue weighted by atomic mass is 16.6. The Hall–Kier alpha value is -2.04. The van der Waals surface area contributed by atoms with Crippen molar-refractivity contribution in [1.29, 1.82) is 0 Å². The molecule has 2 aromatic rings. The third kappa shape index (κ3) is 3.19. The lowest BCUT2D eigenvalue weighted by Crippen LogP contribution is -2.35. The fraction of sp³-hybridized carbons (Fsp3) is 0.556. The van der Waals surface area contributed by atoms with Crippen LogP contribution in [0.1, 0.15) is 44.4 Å². The molecule has 3 rings (SSSR count). The average Bonchev–Trinajstić information content (AvgIpc) is 3.01. The van der Waals surface area contributed by atoms with Crippen molar-refractivity contribution in [2.24, 2.45) is 0 Å². The summed E-state index contributed by atoms with van der Waals surface area (Å²) in [7, 11) is 0. The highest BCUT2D eigenvalue weighted by Crippen LogP contribution is 2.29. The van der Waals surface area contributed by atoms with Crippen LogP contribution in [0, 0.1) is 13.8 Å². The van der Waals surface area contributed by atoms with Crippen LogP contribution < -0.4 is 0 Å². The molecule has 0 radical (unpaired) electrons. The molecule has 1 aliphatic rings. The number of hydrogen-bond donors (Lipinski definition) is 0. The molecule has 1 saturated heterocycles. The number of carbonyl (C=O) groups excluding carboxylic acids is 1. The third-order valence-corrected chi connectivity index (χ3v) is 4.19. The Balaban J connectivity index is 1.81. The normalized spacial score (nSPS) is 18.7. The second-order valence-electron chi connectivity index (χ2n) is 7.48. The van der Waals surface area contributed by atoms with Gasteiger partial charge < -0.3 is 9.64 Å². The fourth-order valence-electron chi connectivity index (χ4n) is 3.30. The predicted molar refractivity (Wildman–Crippen MR) is 90.7 cm³/mol. The molecule has 1 fully saturated rings. The second-order valence-corrected chi connectivity index (χ2v) is 7.48. The second kappa shape index (κ2) is 5.55. The molecule has 1 aromatic heterocycles. The average molecular weight is 315 g/mol. The lowest BCUT2D eigenvalue weighted by Gasteiger charge is -2.24. The van der Waals surface area contributed by atoms with Gasteiger partial charge in [-0.15, -0.1) is 0 Å². The van der Waals surface area contributed by atoms with Gasteiger partial charge in [0.15, 0.2) is 0 Å². The molecule has 0 spiro atoms. The minimum absolute atomic E-state index is 0.210. The largest absolute Gasteiger partial charge is 0.444 e. The topological polar surface area (TPSA) is 47.4 Å². The molecule has 0 aliphatic carbocycles. The van der Waals surface area contributed by atoms with Crippen LogP contribution in [0.3, 0.4) is 0 Å². The van der Waals surface area contributed by atoms with Crippen molar-refractivity contribution < 1.29 is 9.53 Å². The molecule has 1 aromatic carbocycles. The highest BCUT2D eigenvalue weighted by molar-refractivity contribution is 5.82. The van der Waals surface area contributed by atoms with Crippen molar-refractivity contribution in [2.45, 2.75) is 52.7 Å². The Bertz CT molecular complexity index is 743. The van der Waals surface area contributed by atoms with Crippen LogP contribution in [-0.4, -0.2) is 39.5 Å². The van der Waals surface area contributed by atoms with Gasteiger partial charge in [0.1, 0.15) is 5.60 Å². The van der Waals surface area contributed by atoms with Crippen molar-refractivity contribution in [1.82, 2.24) is 14.7 Å². The fourth-order valence-corrected chi connectivity index (χ4v) is 3.30. The van der Waals surface area contributed by atoms with Crippen LogP contribution in [0.25, 0.3) is 10.9 Å². The third-order valence-electron chi connectivity index (χ3n) is 4.19. The summed E-state index contributed by atoms with van der Waals surface area (Å²) in [6, 6.07) is 4.55. The molecule has 1 aliphatic heterocycles. The van der Waals surface area contributed by atoms with E-state index < -0.39 is 5.60 Å². The predicted octanol–water partition coefficient (Wildman–Crippen LogP) is 3.84. The zero-order chi connectivity index (χ0) is 16.8. The molecule has 1 amide bonds. The van der Waals surface area contributed by atoms with E-state index in [9.17, 15) is 4.79 Å². The number of hydrogen-bond acceptors (Lipinski definition) is 3. The molecule has 0 unspecified atom stereocenters. The summed E-state index contributed by atoms with van der Waals surface area (Å²) >= 11 is 0. The van der Waals surface area contributed by atoms with Crippen molar-refractivity contribution in [3.8, 4) is 0 Å². The van der Waals surface area contributed by atoms with Crippen molar-refractivity contribution in [3.05, 3.63) is 29.5 Å². The van der Waals surface area contributed by atoms with E-state index in [4.69, 9.17) is 4.74 Å². The summed E-state index contributed by atoms with van der Waals surface area (Å²) in [4.78, 5) is 14.0. The highest BCUT2D eigenvalue weighted by Gasteiger charge is 2.31. The summed E-state index contributed by atoms with van der Waals surface area (Å²) in [5.41, 5.74) is 3.19. The van der Waals surface area contributed by atoms with Crippen LogP contribution >= 0.6 is 0 Å². The first-order chi connectivity index (χ1) is 10.7. The lowest BCUT2D eigenvalue weighted by atomic mass is 10.1. The molecule has 5 heteroatoms. The van der Waals surface area contributed by atoms with Crippen molar-refractivity contribution in [3.63, 3.8) is 0 Å². The molecule has 5 nitrogen and oxygen atoms in total. The summed E-state index contributed by atoms with van der Waals surface area (Å²) in [6.45, 7) is 11.3. The van der Waals surface area contributed by atoms with Crippen molar-refractivity contribution in [2.75, 3.05) is 13.1 Å². The van der Waals surface area contributed by atoms with Gasteiger partial charge in [0.05, 0.1) is 17.8 Å². The maximum atomic E-state index is 12.2. The first-order valence-corrected chi connectivity index (χ1v) is 8.17. The van der Waals surface area contributed by atoms with Gasteiger partial charge in [0.2, 0.25) is 0 Å². The summed E-state index contributed by atoms with van der Waals surface area (Å²) in [6.07, 6.45) is 2.60. The van der Waals surface area contributed by atoms with Crippen LogP contribution in [0.15, 0.2) is 18.3 Å². The lowest BCUT2D eigenvalue weighted by molar-refractivity contribution is 0.0288. The molecular formula is C18H25N3O2. The van der Waals surface area contributed by atoms with Gasteiger partial charge in [-0.3, -0.25) is 4.68 Å². The number of carbonyl (C=O) groups is 1. The zero-order valence-electron chi connectivity index (χ0n) is 14.6. The summed E-state index contributed by atoms with van der Waals surface area (Å²) in [5.74, 6) is 0. The molecule has 1 atom stereocenters. The van der Waals surface area contributed by atoms with Crippen LogP contribution in [0.4, 0.5) is 4.79 Å². The molecular weight excluding hydrogens is 290 g/mol. The first kappa shape index (κ1) is 15.8. The number of nitrogens with zero attached hydrogens (tertiary/aromatic N) is 3. The summed E-state index contributed by atoms with van der Waals surface area (Å²) < 4.78 is 7.55. The maximum Gasteiger partial charge on any atom is 0.410 e. The van der Waals surface area contributed by atoms with Gasteiger partial charge in [-0.2, -0.15) is 5.10 Å². The number of amides is 1. The Labute approximate surface area is 137 Å². The van der Waals surface area contributed by atoms with Gasteiger partial charge >= 0.3 is 6.09 Å². The van der Waals surface area contributed by atoms with Crippen molar-refractivity contribution >= 4 is 17.0 Å². The quantitative estimate of drug-likeness (QED) is 0.803. The Morgan fingerprint density at radius 2 is 2.04 bits per heavy atom. The maximum absolute atomic E-state index is 12.2. The molecule has 124 valence electrons. The minimum atomic E-state index is -0.457. The van der Waals surface area contributed by atoms with E-state index in [2.05, 4.69) is 35.8 Å². The number of aromatic nitrogens is 2. The SMILES string of the molecule is Cc1cc(C)c2c(cnn2[C@@H]2CCN(C(=O)OC(C)(C)C)C2)c1. The number of ether oxygens (including phenoxy) is 1. The van der Waals surface area contributed by atoms with E-state index in [1.807, 2.05) is 27.0 Å². The first-order valence-electron chi connectivity index (χ1n) is 8.17. The van der Waals surface area contributed by atoms with Gasteiger partial charge in [-0.05, 0) is 52.7 Å². The Kier molecular flexibility index (Phi) is 3.82. The number of aryl methyl sites for hydroxylation is 2. The van der Waals surface area contributed by atoms with Gasteiger partial charge in [0, 0.05) is 18.5 Å². The number of likely N-dealkylation sites (tertiary alicyclic amines) is 1. The van der Waals surface area contributed by atoms with Crippen LogP contribution in [-0.2, 0) is 4.74 Å². The molecule has 2 heterocycles. The van der Waals surface area contributed by atoms with Crippen LogP contribution in [0.5, 0.6) is 0 Å². The Morgan fingerprint density at radius 3 is 2.74 bits per heavy atom. The van der Waals surface area contributed by atoms with E-state index >= 15 is 0 Å². The van der Waals surface area contributed by atoms with Gasteiger partial charge in [-0.25, -0.2) is 4.79 Å². The zero-order valence-corrected chi connectivity index (χ0v) is 14.6. The standard InChI is InChI=1S/C18H25N3O2/c1-12-8-13(2)16-14(9-12)10-19-21(16)15-6-7-20(11-15)17(22)23-18(3,4)5/h8-10,15H,6-7,11H2,1-5H3/t15-/m1/s1. The molecule has 0 bridgehead atoms. The van der Waals surface area contributed by atoms with E-state index in [1.54, 1.807) is 4.90 Å². The van der Waals surface area contributed by atoms with E-state index in [0.29, 0.717) is 13.1 Å². The van der Waals surface area contributed by atoms with E-state index in [1.165, 1.54) is 22.0 Å². The number of benzene rings is 1. The Morgan fingerprint density at radius 1 is 1.30 bits per heavy atom. The van der Waals surface area contributed by atoms with Crippen LogP contribution in [0.2, 0.25) is 0 Å². The molecule has 0 N–H and O–H groups in total. The molecule has 0 saturated carbocycles. The smallest absolute Gasteiger partial charge is 0.410 e. The van der Waals surface area contributed by atoms with E-state index in [0.717, 1.165) is 6.42 Å². The molecule has 23 heavy (non-hydrogen) atoms. The monoisotopic (exact) mass is 315 g/mol. The summed E-state index contributed by atoms with van der Waals surface area (Å²) in [5, 5.41) is 5.75. The number of fused-ring (bicyclic) bond motifs is 1. The minimum Gasteiger partial charge on any atom is -0.444 e. The van der Waals surface area contributed by atoms with E-state index in [-0.39, 0.29) is 12.1 Å².